The van der Waals surface area contributed by atoms with E-state index in [2.05, 4.69) is 26.6 Å². The highest BCUT2D eigenvalue weighted by molar-refractivity contribution is 9.10. The monoisotopic (exact) mass is 318 g/mol. The molecule has 3 N–H and O–H groups in total. The van der Waals surface area contributed by atoms with Gasteiger partial charge in [0, 0.05) is 0 Å². The summed E-state index contributed by atoms with van der Waals surface area (Å²) in [6.07, 6.45) is 0.626. The average molecular weight is 319 g/mol. The Morgan fingerprint density at radius 1 is 1.50 bits per heavy atom. The fourth-order valence-corrected chi connectivity index (χ4v) is 1.55. The van der Waals surface area contributed by atoms with Gasteiger partial charge in [0.1, 0.15) is 0 Å². The summed E-state index contributed by atoms with van der Waals surface area (Å²) in [6, 6.07) is 2.81. The lowest BCUT2D eigenvalue weighted by molar-refractivity contribution is -0.121. The number of hydrogen-bond acceptors (Lipinski definition) is 4. The van der Waals surface area contributed by atoms with Crippen LogP contribution in [0.2, 0.25) is 0 Å². The molecule has 18 heavy (non-hydrogen) atoms. The molecule has 0 aliphatic rings. The molecule has 0 unspecified atom stereocenters. The van der Waals surface area contributed by atoms with E-state index in [0.29, 0.717) is 11.1 Å². The molecule has 0 fully saturated rings. The zero-order valence-electron chi connectivity index (χ0n) is 9.90. The third kappa shape index (κ3) is 4.50. The van der Waals surface area contributed by atoms with E-state index in [-0.39, 0.29) is 30.9 Å². The maximum atomic E-state index is 11.5. The van der Waals surface area contributed by atoms with E-state index in [1.807, 2.05) is 6.92 Å². The van der Waals surface area contributed by atoms with Gasteiger partial charge in [-0.05, 0) is 34.5 Å². The number of nitrogens with one attached hydrogen (secondary N) is 2. The van der Waals surface area contributed by atoms with Crippen LogP contribution in [0, 0.1) is 0 Å². The van der Waals surface area contributed by atoms with Gasteiger partial charge in [-0.2, -0.15) is 0 Å². The van der Waals surface area contributed by atoms with Gasteiger partial charge in [0.25, 0.3) is 5.91 Å². The van der Waals surface area contributed by atoms with Crippen LogP contribution in [0.15, 0.2) is 21.2 Å². The van der Waals surface area contributed by atoms with Crippen LogP contribution < -0.4 is 10.6 Å². The van der Waals surface area contributed by atoms with Crippen LogP contribution in [0.25, 0.3) is 0 Å². The summed E-state index contributed by atoms with van der Waals surface area (Å²) in [4.78, 5) is 23.0. The molecule has 1 heterocycles. The van der Waals surface area contributed by atoms with Crippen molar-refractivity contribution in [2.75, 3.05) is 13.2 Å². The number of carbonyl (C=O) groups excluding carboxylic acids is 2. The summed E-state index contributed by atoms with van der Waals surface area (Å²) in [6.45, 7) is 1.56. The van der Waals surface area contributed by atoms with Crippen molar-refractivity contribution in [1.82, 2.24) is 10.6 Å². The molecular formula is C11H15BrN2O4. The number of furan rings is 1. The van der Waals surface area contributed by atoms with E-state index in [0.717, 1.165) is 0 Å². The molecule has 0 aliphatic carbocycles. The predicted octanol–water partition coefficient (Wildman–Crippen LogP) is 0.659. The Kier molecular flexibility index (Phi) is 5.87. The topological polar surface area (TPSA) is 91.6 Å². The van der Waals surface area contributed by atoms with Crippen molar-refractivity contribution in [3.05, 3.63) is 22.6 Å². The zero-order valence-corrected chi connectivity index (χ0v) is 11.5. The van der Waals surface area contributed by atoms with E-state index in [9.17, 15) is 9.59 Å². The quantitative estimate of drug-likeness (QED) is 0.718. The predicted molar refractivity (Wildman–Crippen MR) is 68.0 cm³/mol. The van der Waals surface area contributed by atoms with Crippen LogP contribution in [0.1, 0.15) is 23.9 Å². The van der Waals surface area contributed by atoms with Gasteiger partial charge in [-0.1, -0.05) is 6.92 Å². The summed E-state index contributed by atoms with van der Waals surface area (Å²) >= 11 is 3.08. The molecule has 0 radical (unpaired) electrons. The Labute approximate surface area is 113 Å². The first kappa shape index (κ1) is 14.7. The minimum absolute atomic E-state index is 0.124. The standard InChI is InChI=1S/C11H15BrN2O4/c1-2-7(6-15)14-10(16)5-13-11(17)8-3-4-9(12)18-8/h3-4,7,15H,2,5-6H2,1H3,(H,13,17)(H,14,16)/t7-/m0/s1. The molecular weight excluding hydrogens is 304 g/mol. The van der Waals surface area contributed by atoms with Gasteiger partial charge in [-0.15, -0.1) is 0 Å². The maximum absolute atomic E-state index is 11.5. The van der Waals surface area contributed by atoms with Crippen molar-refractivity contribution in [2.45, 2.75) is 19.4 Å². The summed E-state index contributed by atoms with van der Waals surface area (Å²) in [5, 5.41) is 13.9. The largest absolute Gasteiger partial charge is 0.444 e. The Balaban J connectivity index is 2.36. The first-order chi connectivity index (χ1) is 8.56. The Hall–Kier alpha value is -1.34. The maximum Gasteiger partial charge on any atom is 0.287 e. The molecule has 100 valence electrons. The lowest BCUT2D eigenvalue weighted by atomic mass is 10.2. The number of carbonyl (C=O) groups is 2. The summed E-state index contributed by atoms with van der Waals surface area (Å²) in [5.74, 6) is -0.688. The smallest absolute Gasteiger partial charge is 0.287 e. The second kappa shape index (κ2) is 7.17. The molecule has 0 spiro atoms. The Bertz CT molecular complexity index is 415. The van der Waals surface area contributed by atoms with Crippen LogP contribution in [0.4, 0.5) is 0 Å². The number of rotatable bonds is 6. The number of aliphatic hydroxyl groups is 1. The zero-order chi connectivity index (χ0) is 13.5. The van der Waals surface area contributed by atoms with Gasteiger partial charge in [-0.25, -0.2) is 0 Å². The second-order valence-corrected chi connectivity index (χ2v) is 4.42. The second-order valence-electron chi connectivity index (χ2n) is 3.64. The van der Waals surface area contributed by atoms with E-state index in [1.165, 1.54) is 6.07 Å². The molecule has 0 aromatic carbocycles. The normalized spacial score (nSPS) is 11.9. The fraction of sp³-hybridized carbons (Fsp3) is 0.455. The lowest BCUT2D eigenvalue weighted by Gasteiger charge is -2.13. The molecule has 0 saturated carbocycles. The third-order valence-electron chi connectivity index (χ3n) is 2.28. The van der Waals surface area contributed by atoms with Crippen LogP contribution >= 0.6 is 15.9 Å². The van der Waals surface area contributed by atoms with Crippen molar-refractivity contribution in [3.63, 3.8) is 0 Å². The van der Waals surface area contributed by atoms with Crippen molar-refractivity contribution in [2.24, 2.45) is 0 Å². The minimum atomic E-state index is -0.465. The number of hydrogen-bond donors (Lipinski definition) is 3. The van der Waals surface area contributed by atoms with Crippen molar-refractivity contribution in [1.29, 1.82) is 0 Å². The molecule has 1 atom stereocenters. The molecule has 7 heteroatoms. The molecule has 0 aliphatic heterocycles. The van der Waals surface area contributed by atoms with Crippen molar-refractivity contribution in [3.8, 4) is 0 Å². The van der Waals surface area contributed by atoms with Gasteiger partial charge in [0.2, 0.25) is 5.91 Å². The molecule has 2 amide bonds. The van der Waals surface area contributed by atoms with Gasteiger partial charge >= 0.3 is 0 Å². The first-order valence-electron chi connectivity index (χ1n) is 5.50. The Morgan fingerprint density at radius 3 is 2.72 bits per heavy atom. The van der Waals surface area contributed by atoms with Crippen LogP contribution in [0.3, 0.4) is 0 Å². The van der Waals surface area contributed by atoms with E-state index in [4.69, 9.17) is 9.52 Å². The van der Waals surface area contributed by atoms with E-state index < -0.39 is 5.91 Å². The summed E-state index contributed by atoms with van der Waals surface area (Å²) in [7, 11) is 0. The van der Waals surface area contributed by atoms with Crippen molar-refractivity contribution >= 4 is 27.7 Å². The first-order valence-corrected chi connectivity index (χ1v) is 6.29. The van der Waals surface area contributed by atoms with E-state index in [1.54, 1.807) is 6.07 Å². The molecule has 1 aromatic rings. The van der Waals surface area contributed by atoms with E-state index >= 15 is 0 Å². The number of amides is 2. The molecule has 1 aromatic heterocycles. The number of halogens is 1. The van der Waals surface area contributed by atoms with Gasteiger partial charge in [-0.3, -0.25) is 9.59 Å². The Morgan fingerprint density at radius 2 is 2.22 bits per heavy atom. The van der Waals surface area contributed by atoms with Crippen LogP contribution in [0.5, 0.6) is 0 Å². The highest BCUT2D eigenvalue weighted by Gasteiger charge is 2.13. The highest BCUT2D eigenvalue weighted by atomic mass is 79.9. The van der Waals surface area contributed by atoms with Crippen LogP contribution in [-0.4, -0.2) is 36.1 Å². The summed E-state index contributed by atoms with van der Waals surface area (Å²) < 4.78 is 5.48. The fourth-order valence-electron chi connectivity index (χ4n) is 1.24. The third-order valence-corrected chi connectivity index (χ3v) is 2.71. The van der Waals surface area contributed by atoms with Crippen molar-refractivity contribution < 1.29 is 19.1 Å². The lowest BCUT2D eigenvalue weighted by Crippen LogP contribution is -2.43. The number of aliphatic hydroxyl groups excluding tert-OH is 1. The summed E-state index contributed by atoms with van der Waals surface area (Å²) in [5.41, 5.74) is 0. The average Bonchev–Trinajstić information content (AvgIpc) is 2.79. The highest BCUT2D eigenvalue weighted by Crippen LogP contribution is 2.13. The molecule has 6 nitrogen and oxygen atoms in total. The molecule has 0 saturated heterocycles. The van der Waals surface area contributed by atoms with Gasteiger partial charge < -0.3 is 20.2 Å². The molecule has 0 bridgehead atoms. The minimum Gasteiger partial charge on any atom is -0.444 e. The molecule has 1 rings (SSSR count). The van der Waals surface area contributed by atoms with Gasteiger partial charge in [0.15, 0.2) is 10.4 Å². The van der Waals surface area contributed by atoms with Gasteiger partial charge in [0.05, 0.1) is 19.2 Å². The van der Waals surface area contributed by atoms with Crippen LogP contribution in [-0.2, 0) is 4.79 Å². The SMILES string of the molecule is CC[C@@H](CO)NC(=O)CNC(=O)c1ccc(Br)o1.